The standard InChI is InChI=1S/C12H11N3O2S/c1-8(16)14-9-2-4-10(5-3-9)15-12(17)11-6-13-7-18-11/h2-7H,1H3,(H,14,16)(H,15,17). The van der Waals surface area contributed by atoms with Gasteiger partial charge in [-0.15, -0.1) is 11.3 Å². The van der Waals surface area contributed by atoms with Crippen LogP contribution in [-0.2, 0) is 4.79 Å². The number of carbonyl (C=O) groups is 2. The molecule has 2 aromatic rings. The van der Waals surface area contributed by atoms with Crippen molar-refractivity contribution in [3.63, 3.8) is 0 Å². The van der Waals surface area contributed by atoms with Crippen molar-refractivity contribution in [2.24, 2.45) is 0 Å². The first kappa shape index (κ1) is 12.3. The molecule has 0 radical (unpaired) electrons. The van der Waals surface area contributed by atoms with Crippen LogP contribution in [0.15, 0.2) is 36.0 Å². The summed E-state index contributed by atoms with van der Waals surface area (Å²) in [5, 5.41) is 5.40. The van der Waals surface area contributed by atoms with Gasteiger partial charge >= 0.3 is 0 Å². The Morgan fingerprint density at radius 3 is 2.22 bits per heavy atom. The van der Waals surface area contributed by atoms with Gasteiger partial charge in [0, 0.05) is 18.3 Å². The van der Waals surface area contributed by atoms with Crippen molar-refractivity contribution < 1.29 is 9.59 Å². The lowest BCUT2D eigenvalue weighted by molar-refractivity contribution is -0.114. The van der Waals surface area contributed by atoms with Crippen molar-refractivity contribution in [2.45, 2.75) is 6.92 Å². The summed E-state index contributed by atoms with van der Waals surface area (Å²) in [5.41, 5.74) is 2.97. The van der Waals surface area contributed by atoms with Gasteiger partial charge in [-0.1, -0.05) is 0 Å². The zero-order valence-electron chi connectivity index (χ0n) is 9.64. The quantitative estimate of drug-likeness (QED) is 0.891. The molecule has 2 N–H and O–H groups in total. The van der Waals surface area contributed by atoms with E-state index in [1.165, 1.54) is 24.5 Å². The average molecular weight is 261 g/mol. The van der Waals surface area contributed by atoms with Crippen molar-refractivity contribution in [1.29, 1.82) is 0 Å². The second-order valence-electron chi connectivity index (χ2n) is 3.58. The highest BCUT2D eigenvalue weighted by molar-refractivity contribution is 7.11. The van der Waals surface area contributed by atoms with Crippen LogP contribution in [0.2, 0.25) is 0 Å². The van der Waals surface area contributed by atoms with E-state index in [-0.39, 0.29) is 11.8 Å². The second-order valence-corrected chi connectivity index (χ2v) is 4.46. The van der Waals surface area contributed by atoms with E-state index in [0.717, 1.165) is 0 Å². The van der Waals surface area contributed by atoms with Crippen molar-refractivity contribution >= 4 is 34.5 Å². The third kappa shape index (κ3) is 3.14. The largest absolute Gasteiger partial charge is 0.326 e. The van der Waals surface area contributed by atoms with Crippen LogP contribution in [0.4, 0.5) is 11.4 Å². The van der Waals surface area contributed by atoms with E-state index in [4.69, 9.17) is 0 Å². The number of hydrogen-bond acceptors (Lipinski definition) is 4. The van der Waals surface area contributed by atoms with E-state index in [9.17, 15) is 9.59 Å². The molecule has 0 aliphatic carbocycles. The summed E-state index contributed by atoms with van der Waals surface area (Å²) in [6, 6.07) is 6.90. The Kier molecular flexibility index (Phi) is 3.69. The Labute approximate surface area is 108 Å². The maximum absolute atomic E-state index is 11.7. The number of nitrogens with zero attached hydrogens (tertiary/aromatic N) is 1. The van der Waals surface area contributed by atoms with Crippen LogP contribution in [0.1, 0.15) is 16.6 Å². The molecule has 2 amide bonds. The topological polar surface area (TPSA) is 71.1 Å². The van der Waals surface area contributed by atoms with Crippen LogP contribution in [0.5, 0.6) is 0 Å². The summed E-state index contributed by atoms with van der Waals surface area (Å²) in [5.74, 6) is -0.318. The van der Waals surface area contributed by atoms with E-state index >= 15 is 0 Å². The number of carbonyl (C=O) groups excluding carboxylic acids is 2. The minimum Gasteiger partial charge on any atom is -0.326 e. The first-order valence-corrected chi connectivity index (χ1v) is 6.10. The summed E-state index contributed by atoms with van der Waals surface area (Å²) in [6.45, 7) is 1.44. The van der Waals surface area contributed by atoms with Gasteiger partial charge in [0.05, 0.1) is 11.7 Å². The lowest BCUT2D eigenvalue weighted by Crippen LogP contribution is -2.10. The van der Waals surface area contributed by atoms with Gasteiger partial charge in [-0.3, -0.25) is 14.6 Å². The van der Waals surface area contributed by atoms with Crippen molar-refractivity contribution in [2.75, 3.05) is 10.6 Å². The maximum Gasteiger partial charge on any atom is 0.267 e. The molecule has 1 aromatic heterocycles. The minimum atomic E-state index is -0.190. The number of hydrogen-bond donors (Lipinski definition) is 2. The molecule has 0 spiro atoms. The Morgan fingerprint density at radius 1 is 1.11 bits per heavy atom. The number of amides is 2. The lowest BCUT2D eigenvalue weighted by Gasteiger charge is -2.05. The summed E-state index contributed by atoms with van der Waals surface area (Å²) in [4.78, 5) is 27.0. The molecule has 0 saturated heterocycles. The first-order valence-electron chi connectivity index (χ1n) is 5.22. The zero-order chi connectivity index (χ0) is 13.0. The fraction of sp³-hybridized carbons (Fsp3) is 0.0833. The van der Waals surface area contributed by atoms with Gasteiger partial charge in [-0.05, 0) is 24.3 Å². The highest BCUT2D eigenvalue weighted by atomic mass is 32.1. The van der Waals surface area contributed by atoms with Gasteiger partial charge in [0.1, 0.15) is 4.88 Å². The molecule has 92 valence electrons. The highest BCUT2D eigenvalue weighted by Gasteiger charge is 2.07. The molecular formula is C12H11N3O2S. The number of nitrogens with one attached hydrogen (secondary N) is 2. The predicted octanol–water partition coefficient (Wildman–Crippen LogP) is 2.35. The van der Waals surface area contributed by atoms with Crippen molar-refractivity contribution in [3.8, 4) is 0 Å². The van der Waals surface area contributed by atoms with Crippen LogP contribution in [-0.4, -0.2) is 16.8 Å². The number of thiazole rings is 1. The molecule has 0 bridgehead atoms. The second kappa shape index (κ2) is 5.42. The van der Waals surface area contributed by atoms with Gasteiger partial charge < -0.3 is 10.6 Å². The molecule has 6 heteroatoms. The third-order valence-electron chi connectivity index (χ3n) is 2.12. The third-order valence-corrected chi connectivity index (χ3v) is 2.89. The summed E-state index contributed by atoms with van der Waals surface area (Å²) >= 11 is 1.28. The molecule has 0 aliphatic rings. The van der Waals surface area contributed by atoms with E-state index in [0.29, 0.717) is 16.3 Å². The fourth-order valence-electron chi connectivity index (χ4n) is 1.36. The Hall–Kier alpha value is -2.21. The summed E-state index contributed by atoms with van der Waals surface area (Å²) in [7, 11) is 0. The molecule has 18 heavy (non-hydrogen) atoms. The van der Waals surface area contributed by atoms with Crippen LogP contribution in [0.3, 0.4) is 0 Å². The van der Waals surface area contributed by atoms with Gasteiger partial charge in [0.15, 0.2) is 0 Å². The number of rotatable bonds is 3. The van der Waals surface area contributed by atoms with E-state index in [1.807, 2.05) is 0 Å². The molecule has 0 unspecified atom stereocenters. The highest BCUT2D eigenvalue weighted by Crippen LogP contribution is 2.15. The van der Waals surface area contributed by atoms with Crippen molar-refractivity contribution in [3.05, 3.63) is 40.8 Å². The van der Waals surface area contributed by atoms with E-state index < -0.39 is 0 Å². The molecular weight excluding hydrogens is 250 g/mol. The molecule has 5 nitrogen and oxygen atoms in total. The van der Waals surface area contributed by atoms with Gasteiger partial charge in [-0.2, -0.15) is 0 Å². The number of benzene rings is 1. The lowest BCUT2D eigenvalue weighted by atomic mass is 10.2. The Bertz CT molecular complexity index is 549. The smallest absolute Gasteiger partial charge is 0.267 e. The van der Waals surface area contributed by atoms with Crippen LogP contribution >= 0.6 is 11.3 Å². The molecule has 0 aliphatic heterocycles. The SMILES string of the molecule is CC(=O)Nc1ccc(NC(=O)c2cncs2)cc1. The van der Waals surface area contributed by atoms with Gasteiger partial charge in [0.2, 0.25) is 5.91 Å². The average Bonchev–Trinajstić information content (AvgIpc) is 2.84. The maximum atomic E-state index is 11.7. The fourth-order valence-corrected chi connectivity index (χ4v) is 1.88. The van der Waals surface area contributed by atoms with Gasteiger partial charge in [0.25, 0.3) is 5.91 Å². The Balaban J connectivity index is 2.02. The Morgan fingerprint density at radius 2 is 1.72 bits per heavy atom. The number of aromatic nitrogens is 1. The van der Waals surface area contributed by atoms with Crippen molar-refractivity contribution in [1.82, 2.24) is 4.98 Å². The predicted molar refractivity (Wildman–Crippen MR) is 70.8 cm³/mol. The molecule has 0 fully saturated rings. The van der Waals surface area contributed by atoms with E-state index in [2.05, 4.69) is 15.6 Å². The molecule has 0 atom stereocenters. The zero-order valence-corrected chi connectivity index (χ0v) is 10.5. The molecule has 1 aromatic carbocycles. The van der Waals surface area contributed by atoms with E-state index in [1.54, 1.807) is 29.8 Å². The summed E-state index contributed by atoms with van der Waals surface area (Å²) in [6.07, 6.45) is 1.52. The van der Waals surface area contributed by atoms with Gasteiger partial charge in [-0.25, -0.2) is 0 Å². The normalized spacial score (nSPS) is 9.83. The van der Waals surface area contributed by atoms with Crippen LogP contribution in [0, 0.1) is 0 Å². The minimum absolute atomic E-state index is 0.128. The monoisotopic (exact) mass is 261 g/mol. The molecule has 0 saturated carbocycles. The number of anilines is 2. The molecule has 1 heterocycles. The van der Waals surface area contributed by atoms with Crippen LogP contribution < -0.4 is 10.6 Å². The van der Waals surface area contributed by atoms with Crippen LogP contribution in [0.25, 0.3) is 0 Å². The molecule has 2 rings (SSSR count). The summed E-state index contributed by atoms with van der Waals surface area (Å²) < 4.78 is 0. The first-order chi connectivity index (χ1) is 8.65.